The Labute approximate surface area is 184 Å². The van der Waals surface area contributed by atoms with Gasteiger partial charge in [0.25, 0.3) is 10.0 Å². The van der Waals surface area contributed by atoms with Gasteiger partial charge in [0.15, 0.2) is 5.17 Å². The summed E-state index contributed by atoms with van der Waals surface area (Å²) in [4.78, 5) is 26.1. The van der Waals surface area contributed by atoms with Crippen molar-refractivity contribution in [1.29, 1.82) is 0 Å². The number of amides is 2. The molecule has 1 heterocycles. The Morgan fingerprint density at radius 1 is 1.23 bits per heavy atom. The van der Waals surface area contributed by atoms with Crippen molar-refractivity contribution >= 4 is 44.5 Å². The average molecular weight is 462 g/mol. The molecule has 1 fully saturated rings. The van der Waals surface area contributed by atoms with E-state index < -0.39 is 27.0 Å². The highest BCUT2D eigenvalue weighted by Gasteiger charge is 2.39. The van der Waals surface area contributed by atoms with Crippen LogP contribution in [0.15, 0.2) is 70.5 Å². The molecule has 31 heavy (non-hydrogen) atoms. The van der Waals surface area contributed by atoms with Gasteiger partial charge in [0.05, 0.1) is 4.90 Å². The molecule has 0 radical (unpaired) electrons. The van der Waals surface area contributed by atoms with Gasteiger partial charge in [0, 0.05) is 18.7 Å². The van der Waals surface area contributed by atoms with E-state index in [1.165, 1.54) is 11.0 Å². The Bertz CT molecular complexity index is 1130. The zero-order chi connectivity index (χ0) is 22.6. The van der Waals surface area contributed by atoms with Crippen LogP contribution in [0.5, 0.6) is 0 Å². The highest BCUT2D eigenvalue weighted by atomic mass is 32.2. The van der Waals surface area contributed by atoms with Crippen LogP contribution in [0.1, 0.15) is 12.0 Å². The molecule has 0 spiro atoms. The second kappa shape index (κ2) is 9.44. The summed E-state index contributed by atoms with van der Waals surface area (Å²) in [5.41, 5.74) is 1.64. The van der Waals surface area contributed by atoms with E-state index in [-0.39, 0.29) is 28.9 Å². The molecule has 2 aromatic rings. The van der Waals surface area contributed by atoms with Crippen LogP contribution in [-0.4, -0.2) is 42.1 Å². The average Bonchev–Trinajstić information content (AvgIpc) is 2.98. The number of nitrogens with zero attached hydrogens (tertiary/aromatic N) is 2. The SMILES string of the molecule is C=CCN1C(=O)C(CC(=O)Nc2ccc(C)cc2)SC1=NS(=O)(=O)c1ccc(F)cc1. The van der Waals surface area contributed by atoms with Gasteiger partial charge in [-0.3, -0.25) is 14.5 Å². The quantitative estimate of drug-likeness (QED) is 0.638. The van der Waals surface area contributed by atoms with Crippen LogP contribution in [0.25, 0.3) is 0 Å². The number of carbonyl (C=O) groups excluding carboxylic acids is 2. The van der Waals surface area contributed by atoms with Gasteiger partial charge in [-0.2, -0.15) is 8.42 Å². The van der Waals surface area contributed by atoms with E-state index in [0.717, 1.165) is 41.6 Å². The number of sulfonamides is 1. The number of halogens is 1. The zero-order valence-corrected chi connectivity index (χ0v) is 18.2. The Kier molecular flexibility index (Phi) is 6.91. The van der Waals surface area contributed by atoms with Crippen molar-refractivity contribution in [2.75, 3.05) is 11.9 Å². The molecule has 1 aliphatic heterocycles. The minimum Gasteiger partial charge on any atom is -0.326 e. The maximum absolute atomic E-state index is 13.1. The smallest absolute Gasteiger partial charge is 0.284 e. The van der Waals surface area contributed by atoms with E-state index in [9.17, 15) is 22.4 Å². The predicted octanol–water partition coefficient (Wildman–Crippen LogP) is 3.34. The first-order chi connectivity index (χ1) is 14.7. The summed E-state index contributed by atoms with van der Waals surface area (Å²) in [6.07, 6.45) is 1.29. The fourth-order valence-corrected chi connectivity index (χ4v) is 5.15. The van der Waals surface area contributed by atoms with E-state index in [4.69, 9.17) is 0 Å². The number of aryl methyl sites for hydroxylation is 1. The van der Waals surface area contributed by atoms with Gasteiger partial charge >= 0.3 is 0 Å². The fraction of sp³-hybridized carbons (Fsp3) is 0.190. The Hall–Kier alpha value is -2.98. The number of nitrogens with one attached hydrogen (secondary N) is 1. The molecule has 3 rings (SSSR count). The third-order valence-electron chi connectivity index (χ3n) is 4.35. The Balaban J connectivity index is 1.78. The molecule has 162 valence electrons. The van der Waals surface area contributed by atoms with Gasteiger partial charge in [-0.1, -0.05) is 35.5 Å². The van der Waals surface area contributed by atoms with Gasteiger partial charge in [-0.25, -0.2) is 4.39 Å². The van der Waals surface area contributed by atoms with Crippen molar-refractivity contribution in [3.05, 3.63) is 72.6 Å². The number of hydrogen-bond acceptors (Lipinski definition) is 5. The first kappa shape index (κ1) is 22.7. The minimum atomic E-state index is -4.17. The van der Waals surface area contributed by atoms with Gasteiger partial charge < -0.3 is 5.32 Å². The predicted molar refractivity (Wildman–Crippen MR) is 119 cm³/mol. The largest absolute Gasteiger partial charge is 0.326 e. The lowest BCUT2D eigenvalue weighted by molar-refractivity contribution is -0.127. The molecular weight excluding hydrogens is 441 g/mol. The Morgan fingerprint density at radius 2 is 1.87 bits per heavy atom. The monoisotopic (exact) mass is 461 g/mol. The summed E-state index contributed by atoms with van der Waals surface area (Å²) in [6, 6.07) is 11.4. The molecule has 1 atom stereocenters. The van der Waals surface area contributed by atoms with E-state index in [2.05, 4.69) is 16.3 Å². The zero-order valence-electron chi connectivity index (χ0n) is 16.6. The number of rotatable bonds is 7. The summed E-state index contributed by atoms with van der Waals surface area (Å²) in [7, 11) is -4.17. The van der Waals surface area contributed by atoms with Gasteiger partial charge in [0.2, 0.25) is 11.8 Å². The van der Waals surface area contributed by atoms with Crippen molar-refractivity contribution in [2.45, 2.75) is 23.5 Å². The van der Waals surface area contributed by atoms with Crippen molar-refractivity contribution in [3.8, 4) is 0 Å². The van der Waals surface area contributed by atoms with Crippen LogP contribution in [0.4, 0.5) is 10.1 Å². The maximum Gasteiger partial charge on any atom is 0.284 e. The highest BCUT2D eigenvalue weighted by molar-refractivity contribution is 8.16. The molecular formula is C21H20FN3O4S2. The summed E-state index contributed by atoms with van der Waals surface area (Å²) in [5, 5.41) is 1.84. The molecule has 7 nitrogen and oxygen atoms in total. The lowest BCUT2D eigenvalue weighted by Crippen LogP contribution is -2.33. The van der Waals surface area contributed by atoms with E-state index in [0.29, 0.717) is 5.69 Å². The van der Waals surface area contributed by atoms with Crippen LogP contribution in [0.3, 0.4) is 0 Å². The lowest BCUT2D eigenvalue weighted by atomic mass is 10.2. The number of benzene rings is 2. The normalized spacial score (nSPS) is 17.7. The van der Waals surface area contributed by atoms with Gasteiger partial charge in [0.1, 0.15) is 11.1 Å². The number of carbonyl (C=O) groups is 2. The fourth-order valence-electron chi connectivity index (χ4n) is 2.79. The van der Waals surface area contributed by atoms with Crippen molar-refractivity contribution in [1.82, 2.24) is 4.90 Å². The number of hydrogen-bond donors (Lipinski definition) is 1. The first-order valence-electron chi connectivity index (χ1n) is 9.25. The van der Waals surface area contributed by atoms with E-state index in [1.54, 1.807) is 12.1 Å². The standard InChI is InChI=1S/C21H20FN3O4S2/c1-3-12-25-20(27)18(13-19(26)23-16-8-4-14(2)5-9-16)30-21(25)24-31(28,29)17-10-6-15(22)7-11-17/h3-11,18H,1,12-13H2,2H3,(H,23,26). The van der Waals surface area contributed by atoms with Crippen molar-refractivity contribution < 1.29 is 22.4 Å². The second-order valence-corrected chi connectivity index (χ2v) is 9.54. The third-order valence-corrected chi connectivity index (χ3v) is 6.92. The highest BCUT2D eigenvalue weighted by Crippen LogP contribution is 2.31. The molecule has 0 bridgehead atoms. The topological polar surface area (TPSA) is 95.9 Å². The van der Waals surface area contributed by atoms with Gasteiger partial charge in [-0.15, -0.1) is 11.0 Å². The van der Waals surface area contributed by atoms with Crippen molar-refractivity contribution in [3.63, 3.8) is 0 Å². The van der Waals surface area contributed by atoms with Gasteiger partial charge in [-0.05, 0) is 43.3 Å². The molecule has 1 aliphatic rings. The summed E-state index contributed by atoms with van der Waals surface area (Å²) in [6.45, 7) is 5.54. The van der Waals surface area contributed by atoms with Crippen LogP contribution >= 0.6 is 11.8 Å². The molecule has 10 heteroatoms. The molecule has 1 N–H and O–H groups in total. The molecule has 0 saturated carbocycles. The first-order valence-corrected chi connectivity index (χ1v) is 11.6. The van der Waals surface area contributed by atoms with E-state index >= 15 is 0 Å². The molecule has 2 aromatic carbocycles. The number of thioether (sulfide) groups is 1. The van der Waals surface area contributed by atoms with Crippen LogP contribution in [-0.2, 0) is 19.6 Å². The molecule has 0 aromatic heterocycles. The second-order valence-electron chi connectivity index (χ2n) is 6.77. The Morgan fingerprint density at radius 3 is 2.48 bits per heavy atom. The molecule has 0 aliphatic carbocycles. The van der Waals surface area contributed by atoms with Crippen molar-refractivity contribution in [2.24, 2.45) is 4.40 Å². The number of anilines is 1. The van der Waals surface area contributed by atoms with Crippen LogP contribution in [0, 0.1) is 12.7 Å². The van der Waals surface area contributed by atoms with Crippen LogP contribution in [0.2, 0.25) is 0 Å². The molecule has 1 saturated heterocycles. The minimum absolute atomic E-state index is 0.0414. The third kappa shape index (κ3) is 5.59. The number of amidine groups is 1. The van der Waals surface area contributed by atoms with Crippen LogP contribution < -0.4 is 5.32 Å². The maximum atomic E-state index is 13.1. The summed E-state index contributed by atoms with van der Waals surface area (Å²) in [5.74, 6) is -1.39. The van der Waals surface area contributed by atoms with E-state index in [1.807, 2.05) is 19.1 Å². The summed E-state index contributed by atoms with van der Waals surface area (Å²) < 4.78 is 42.0. The lowest BCUT2D eigenvalue weighted by Gasteiger charge is -2.13. The molecule has 1 unspecified atom stereocenters. The molecule has 2 amide bonds. The summed E-state index contributed by atoms with van der Waals surface area (Å²) >= 11 is 0.897.